The Labute approximate surface area is 155 Å². The topological polar surface area (TPSA) is 78.1 Å². The maximum Gasteiger partial charge on any atom is 0.229 e. The summed E-state index contributed by atoms with van der Waals surface area (Å²) in [4.78, 5) is 26.5. The standard InChI is InChI=1S/C19H17ClN4O2/c20-14-7-5-12(6-8-14)10-21-19(26)13-9-17(25)24(11-13)18-15-3-1-2-4-16(15)22-23-18/h1-8,13H,9-11H2,(H,21,26)(H,22,23). The summed E-state index contributed by atoms with van der Waals surface area (Å²) in [5.74, 6) is -0.0200. The molecule has 0 aliphatic carbocycles. The van der Waals surface area contributed by atoms with Gasteiger partial charge in [-0.1, -0.05) is 35.9 Å². The van der Waals surface area contributed by atoms with Gasteiger partial charge in [0.2, 0.25) is 11.8 Å². The second kappa shape index (κ2) is 6.80. The summed E-state index contributed by atoms with van der Waals surface area (Å²) in [6.45, 7) is 0.742. The van der Waals surface area contributed by atoms with Crippen LogP contribution in [0.25, 0.3) is 10.9 Å². The number of aromatic amines is 1. The Balaban J connectivity index is 1.44. The monoisotopic (exact) mass is 368 g/mol. The molecule has 2 amide bonds. The molecule has 1 saturated heterocycles. The smallest absolute Gasteiger partial charge is 0.229 e. The number of nitrogens with zero attached hydrogens (tertiary/aromatic N) is 2. The second-order valence-electron chi connectivity index (χ2n) is 6.34. The van der Waals surface area contributed by atoms with Crippen LogP contribution in [0.2, 0.25) is 5.02 Å². The Hall–Kier alpha value is -2.86. The summed E-state index contributed by atoms with van der Waals surface area (Å²) in [5.41, 5.74) is 1.83. The van der Waals surface area contributed by atoms with Crippen molar-refractivity contribution < 1.29 is 9.59 Å². The molecule has 1 fully saturated rings. The molecule has 2 N–H and O–H groups in total. The number of fused-ring (bicyclic) bond motifs is 1. The number of anilines is 1. The van der Waals surface area contributed by atoms with Gasteiger partial charge >= 0.3 is 0 Å². The molecule has 2 heterocycles. The molecule has 1 aromatic heterocycles. The fraction of sp³-hybridized carbons (Fsp3) is 0.211. The Morgan fingerprint density at radius 3 is 2.81 bits per heavy atom. The minimum Gasteiger partial charge on any atom is -0.352 e. The van der Waals surface area contributed by atoms with Gasteiger partial charge in [0.1, 0.15) is 0 Å². The van der Waals surface area contributed by atoms with E-state index in [-0.39, 0.29) is 24.2 Å². The third kappa shape index (κ3) is 3.15. The lowest BCUT2D eigenvalue weighted by molar-refractivity contribution is -0.126. The molecule has 0 spiro atoms. The van der Waals surface area contributed by atoms with Crippen LogP contribution in [-0.2, 0) is 16.1 Å². The Bertz CT molecular complexity index is 967. The van der Waals surface area contributed by atoms with Crippen molar-refractivity contribution in [3.8, 4) is 0 Å². The van der Waals surface area contributed by atoms with E-state index in [9.17, 15) is 9.59 Å². The van der Waals surface area contributed by atoms with Crippen molar-refractivity contribution in [2.24, 2.45) is 5.92 Å². The van der Waals surface area contributed by atoms with Crippen molar-refractivity contribution in [3.63, 3.8) is 0 Å². The lowest BCUT2D eigenvalue weighted by atomic mass is 10.1. The highest BCUT2D eigenvalue weighted by Gasteiger charge is 2.36. The third-order valence-electron chi connectivity index (χ3n) is 4.58. The van der Waals surface area contributed by atoms with Gasteiger partial charge < -0.3 is 5.32 Å². The van der Waals surface area contributed by atoms with E-state index in [1.807, 2.05) is 36.4 Å². The lowest BCUT2D eigenvalue weighted by Gasteiger charge is -2.14. The van der Waals surface area contributed by atoms with Gasteiger partial charge in [-0.3, -0.25) is 19.6 Å². The Kier molecular flexibility index (Phi) is 4.34. The van der Waals surface area contributed by atoms with E-state index in [2.05, 4.69) is 15.5 Å². The number of hydrogen-bond donors (Lipinski definition) is 2. The molecule has 7 heteroatoms. The number of carbonyl (C=O) groups excluding carboxylic acids is 2. The first-order valence-corrected chi connectivity index (χ1v) is 8.75. The van der Waals surface area contributed by atoms with Gasteiger partial charge in [0.05, 0.1) is 11.4 Å². The van der Waals surface area contributed by atoms with Crippen molar-refractivity contribution >= 4 is 40.1 Å². The van der Waals surface area contributed by atoms with Gasteiger partial charge in [-0.15, -0.1) is 0 Å². The van der Waals surface area contributed by atoms with E-state index < -0.39 is 0 Å². The van der Waals surface area contributed by atoms with Gasteiger partial charge in [-0.05, 0) is 29.8 Å². The van der Waals surface area contributed by atoms with Gasteiger partial charge in [-0.25, -0.2) is 0 Å². The molecule has 2 aromatic carbocycles. The quantitative estimate of drug-likeness (QED) is 0.743. The number of amides is 2. The van der Waals surface area contributed by atoms with E-state index in [4.69, 9.17) is 11.6 Å². The predicted molar refractivity (Wildman–Crippen MR) is 99.9 cm³/mol. The first-order valence-electron chi connectivity index (χ1n) is 8.37. The summed E-state index contributed by atoms with van der Waals surface area (Å²) in [5, 5.41) is 11.6. The molecule has 1 aliphatic heterocycles. The molecule has 1 unspecified atom stereocenters. The first-order chi connectivity index (χ1) is 12.6. The van der Waals surface area contributed by atoms with Gasteiger partial charge in [-0.2, -0.15) is 5.10 Å². The number of halogens is 1. The van der Waals surface area contributed by atoms with Crippen molar-refractivity contribution in [1.82, 2.24) is 15.5 Å². The summed E-state index contributed by atoms with van der Waals surface area (Å²) in [6.07, 6.45) is 0.188. The number of carbonyl (C=O) groups is 2. The molecular weight excluding hydrogens is 352 g/mol. The highest BCUT2D eigenvalue weighted by molar-refractivity contribution is 6.30. The number of H-pyrrole nitrogens is 1. The lowest BCUT2D eigenvalue weighted by Crippen LogP contribution is -2.32. The number of benzene rings is 2. The van der Waals surface area contributed by atoms with Crippen LogP contribution in [0.1, 0.15) is 12.0 Å². The fourth-order valence-electron chi connectivity index (χ4n) is 3.18. The van der Waals surface area contributed by atoms with E-state index in [1.165, 1.54) is 0 Å². The number of rotatable bonds is 4. The van der Waals surface area contributed by atoms with Gasteiger partial charge in [0, 0.05) is 29.9 Å². The highest BCUT2D eigenvalue weighted by Crippen LogP contribution is 2.29. The number of para-hydroxylation sites is 1. The van der Waals surface area contributed by atoms with Crippen molar-refractivity contribution in [3.05, 3.63) is 59.1 Å². The van der Waals surface area contributed by atoms with Gasteiger partial charge in [0.25, 0.3) is 0 Å². The molecule has 0 saturated carbocycles. The average molecular weight is 369 g/mol. The molecule has 1 aliphatic rings. The molecule has 4 rings (SSSR count). The molecule has 0 radical (unpaired) electrons. The second-order valence-corrected chi connectivity index (χ2v) is 6.78. The summed E-state index contributed by atoms with van der Waals surface area (Å²) >= 11 is 5.86. The molecule has 132 valence electrons. The highest BCUT2D eigenvalue weighted by atomic mass is 35.5. The zero-order valence-electron chi connectivity index (χ0n) is 13.9. The van der Waals surface area contributed by atoms with Crippen molar-refractivity contribution in [2.45, 2.75) is 13.0 Å². The molecule has 26 heavy (non-hydrogen) atoms. The first kappa shape index (κ1) is 16.6. The zero-order valence-corrected chi connectivity index (χ0v) is 14.7. The summed E-state index contributed by atoms with van der Waals surface area (Å²) in [6, 6.07) is 14.9. The van der Waals surface area contributed by atoms with E-state index in [1.54, 1.807) is 17.0 Å². The van der Waals surface area contributed by atoms with Crippen LogP contribution in [0.3, 0.4) is 0 Å². The SMILES string of the molecule is O=C(NCc1ccc(Cl)cc1)C1CC(=O)N(c2n[nH]c3ccccc23)C1. The number of nitrogens with one attached hydrogen (secondary N) is 2. The number of aromatic nitrogens is 2. The fourth-order valence-corrected chi connectivity index (χ4v) is 3.30. The minimum absolute atomic E-state index is 0.0890. The average Bonchev–Trinajstić information content (AvgIpc) is 3.24. The van der Waals surface area contributed by atoms with E-state index >= 15 is 0 Å². The van der Waals surface area contributed by atoms with Crippen LogP contribution in [0, 0.1) is 5.92 Å². The van der Waals surface area contributed by atoms with E-state index in [0.717, 1.165) is 16.5 Å². The molecule has 6 nitrogen and oxygen atoms in total. The third-order valence-corrected chi connectivity index (χ3v) is 4.83. The van der Waals surface area contributed by atoms with Crippen LogP contribution >= 0.6 is 11.6 Å². The molecular formula is C19H17ClN4O2. The van der Waals surface area contributed by atoms with Gasteiger partial charge in [0.15, 0.2) is 5.82 Å². The summed E-state index contributed by atoms with van der Waals surface area (Å²) < 4.78 is 0. The minimum atomic E-state index is -0.384. The predicted octanol–water partition coefficient (Wildman–Crippen LogP) is 2.89. The van der Waals surface area contributed by atoms with Crippen LogP contribution < -0.4 is 10.2 Å². The van der Waals surface area contributed by atoms with Crippen LogP contribution in [0.15, 0.2) is 48.5 Å². The summed E-state index contributed by atoms with van der Waals surface area (Å²) in [7, 11) is 0. The zero-order chi connectivity index (χ0) is 18.1. The Morgan fingerprint density at radius 2 is 2.00 bits per heavy atom. The number of hydrogen-bond acceptors (Lipinski definition) is 3. The maximum absolute atomic E-state index is 12.5. The maximum atomic E-state index is 12.5. The normalized spacial score (nSPS) is 17.0. The largest absolute Gasteiger partial charge is 0.352 e. The molecule has 0 bridgehead atoms. The van der Waals surface area contributed by atoms with E-state index in [0.29, 0.717) is 23.9 Å². The van der Waals surface area contributed by atoms with Crippen molar-refractivity contribution in [1.29, 1.82) is 0 Å². The molecule has 3 aromatic rings. The van der Waals surface area contributed by atoms with Crippen LogP contribution in [0.4, 0.5) is 5.82 Å². The molecule has 1 atom stereocenters. The van der Waals surface area contributed by atoms with Crippen LogP contribution in [0.5, 0.6) is 0 Å². The van der Waals surface area contributed by atoms with Crippen molar-refractivity contribution in [2.75, 3.05) is 11.4 Å². The Morgan fingerprint density at radius 1 is 1.23 bits per heavy atom. The van der Waals surface area contributed by atoms with Crippen LogP contribution in [-0.4, -0.2) is 28.6 Å².